The monoisotopic (exact) mass is 237 g/mol. The molecule has 5 nitrogen and oxygen atoms in total. The number of aryl methyl sites for hydroxylation is 1. The van der Waals surface area contributed by atoms with E-state index in [1.165, 1.54) is 25.9 Å². The molecule has 1 aliphatic rings. The molecule has 0 saturated carbocycles. The Morgan fingerprint density at radius 1 is 1.35 bits per heavy atom. The van der Waals surface area contributed by atoms with Gasteiger partial charge in [-0.15, -0.1) is 0 Å². The van der Waals surface area contributed by atoms with Crippen molar-refractivity contribution in [3.05, 3.63) is 17.5 Å². The first-order valence-electron chi connectivity index (χ1n) is 6.08. The van der Waals surface area contributed by atoms with E-state index in [2.05, 4.69) is 14.9 Å². The Labute approximate surface area is 101 Å². The zero-order valence-corrected chi connectivity index (χ0v) is 10.2. The van der Waals surface area contributed by atoms with Crippen LogP contribution < -0.4 is 4.74 Å². The van der Waals surface area contributed by atoms with Gasteiger partial charge in [0.15, 0.2) is 0 Å². The van der Waals surface area contributed by atoms with Gasteiger partial charge in [0.05, 0.1) is 12.3 Å². The van der Waals surface area contributed by atoms with Gasteiger partial charge in [-0.25, -0.2) is 4.98 Å². The highest BCUT2D eigenvalue weighted by Crippen LogP contribution is 2.09. The summed E-state index contributed by atoms with van der Waals surface area (Å²) < 4.78 is 5.52. The summed E-state index contributed by atoms with van der Waals surface area (Å²) >= 11 is 0. The van der Waals surface area contributed by atoms with Crippen molar-refractivity contribution in [2.45, 2.75) is 26.4 Å². The Kier molecular flexibility index (Phi) is 4.28. The van der Waals surface area contributed by atoms with Gasteiger partial charge in [0.1, 0.15) is 6.61 Å². The molecule has 94 valence electrons. The Bertz CT molecular complexity index is 365. The van der Waals surface area contributed by atoms with Crippen LogP contribution in [-0.4, -0.2) is 46.2 Å². The Morgan fingerprint density at radius 3 is 2.82 bits per heavy atom. The standard InChI is InChI=1S/C12H19N3O2/c1-10-8-11(9-16)14-12(13-10)17-7-6-15-4-2-3-5-15/h8,16H,2-7,9H2,1H3. The van der Waals surface area contributed by atoms with Gasteiger partial charge in [0.25, 0.3) is 0 Å². The highest BCUT2D eigenvalue weighted by atomic mass is 16.5. The average Bonchev–Trinajstić information content (AvgIpc) is 2.81. The molecule has 1 aromatic heterocycles. The lowest BCUT2D eigenvalue weighted by Gasteiger charge is -2.14. The van der Waals surface area contributed by atoms with Crippen molar-refractivity contribution >= 4 is 0 Å². The first-order valence-corrected chi connectivity index (χ1v) is 6.08. The fourth-order valence-electron chi connectivity index (χ4n) is 2.02. The lowest BCUT2D eigenvalue weighted by atomic mass is 10.3. The first kappa shape index (κ1) is 12.3. The van der Waals surface area contributed by atoms with Crippen molar-refractivity contribution in [1.29, 1.82) is 0 Å². The average molecular weight is 237 g/mol. The van der Waals surface area contributed by atoms with Gasteiger partial charge in [-0.3, -0.25) is 4.90 Å². The summed E-state index contributed by atoms with van der Waals surface area (Å²) in [6.45, 7) is 5.65. The van der Waals surface area contributed by atoms with E-state index in [1.807, 2.05) is 6.92 Å². The molecular formula is C12H19N3O2. The van der Waals surface area contributed by atoms with Gasteiger partial charge in [-0.1, -0.05) is 0 Å². The normalized spacial score (nSPS) is 16.4. The van der Waals surface area contributed by atoms with Crippen LogP contribution in [0.15, 0.2) is 6.07 Å². The summed E-state index contributed by atoms with van der Waals surface area (Å²) in [5.41, 5.74) is 1.42. The molecule has 1 N–H and O–H groups in total. The number of ether oxygens (including phenoxy) is 1. The number of hydrogen-bond acceptors (Lipinski definition) is 5. The zero-order valence-electron chi connectivity index (χ0n) is 10.2. The van der Waals surface area contributed by atoms with Crippen LogP contribution >= 0.6 is 0 Å². The Balaban J connectivity index is 1.83. The van der Waals surface area contributed by atoms with Crippen LogP contribution in [0, 0.1) is 6.92 Å². The van der Waals surface area contributed by atoms with Gasteiger partial charge in [-0.2, -0.15) is 4.98 Å². The highest BCUT2D eigenvalue weighted by Gasteiger charge is 2.11. The molecule has 1 aromatic rings. The highest BCUT2D eigenvalue weighted by molar-refractivity contribution is 5.11. The van der Waals surface area contributed by atoms with Gasteiger partial charge in [-0.05, 0) is 38.9 Å². The summed E-state index contributed by atoms with van der Waals surface area (Å²) in [6.07, 6.45) is 2.57. The van der Waals surface area contributed by atoms with Crippen LogP contribution in [0.5, 0.6) is 6.01 Å². The lowest BCUT2D eigenvalue weighted by Crippen LogP contribution is -2.25. The Hall–Kier alpha value is -1.20. The fourth-order valence-corrected chi connectivity index (χ4v) is 2.02. The predicted molar refractivity (Wildman–Crippen MR) is 63.9 cm³/mol. The molecule has 1 fully saturated rings. The quantitative estimate of drug-likeness (QED) is 0.819. The van der Waals surface area contributed by atoms with E-state index in [9.17, 15) is 0 Å². The number of aliphatic hydroxyl groups is 1. The SMILES string of the molecule is Cc1cc(CO)nc(OCCN2CCCC2)n1. The minimum Gasteiger partial charge on any atom is -0.462 e. The second-order valence-electron chi connectivity index (χ2n) is 4.34. The maximum atomic E-state index is 9.03. The second-order valence-corrected chi connectivity index (χ2v) is 4.34. The van der Waals surface area contributed by atoms with Crippen molar-refractivity contribution in [1.82, 2.24) is 14.9 Å². The molecule has 5 heteroatoms. The largest absolute Gasteiger partial charge is 0.462 e. The van der Waals surface area contributed by atoms with E-state index in [-0.39, 0.29) is 6.61 Å². The van der Waals surface area contributed by atoms with Crippen molar-refractivity contribution in [2.24, 2.45) is 0 Å². The summed E-state index contributed by atoms with van der Waals surface area (Å²) in [4.78, 5) is 10.7. The molecule has 1 aliphatic heterocycles. The third kappa shape index (κ3) is 3.64. The van der Waals surface area contributed by atoms with Crippen molar-refractivity contribution in [3.63, 3.8) is 0 Å². The van der Waals surface area contributed by atoms with E-state index < -0.39 is 0 Å². The smallest absolute Gasteiger partial charge is 0.316 e. The van der Waals surface area contributed by atoms with E-state index in [1.54, 1.807) is 6.07 Å². The minimum absolute atomic E-state index is 0.0775. The van der Waals surface area contributed by atoms with Gasteiger partial charge in [0.2, 0.25) is 0 Å². The number of likely N-dealkylation sites (tertiary alicyclic amines) is 1. The molecule has 1 saturated heterocycles. The predicted octanol–water partition coefficient (Wildman–Crippen LogP) is 0.752. The molecule has 2 heterocycles. The molecule has 0 spiro atoms. The van der Waals surface area contributed by atoms with E-state index in [4.69, 9.17) is 9.84 Å². The summed E-state index contributed by atoms with van der Waals surface area (Å²) in [6, 6.07) is 2.13. The number of aliphatic hydroxyl groups excluding tert-OH is 1. The zero-order chi connectivity index (χ0) is 12.1. The number of aromatic nitrogens is 2. The maximum Gasteiger partial charge on any atom is 0.316 e. The third-order valence-corrected chi connectivity index (χ3v) is 2.89. The molecule has 0 aromatic carbocycles. The molecule has 0 amide bonds. The molecule has 0 bridgehead atoms. The first-order chi connectivity index (χ1) is 8.28. The lowest BCUT2D eigenvalue weighted by molar-refractivity contribution is 0.221. The fraction of sp³-hybridized carbons (Fsp3) is 0.667. The number of nitrogens with zero attached hydrogens (tertiary/aromatic N) is 3. The maximum absolute atomic E-state index is 9.03. The molecular weight excluding hydrogens is 218 g/mol. The van der Waals surface area contributed by atoms with E-state index >= 15 is 0 Å². The summed E-state index contributed by atoms with van der Waals surface area (Å²) in [7, 11) is 0. The van der Waals surface area contributed by atoms with Crippen LogP contribution in [0.25, 0.3) is 0 Å². The molecule has 0 unspecified atom stereocenters. The minimum atomic E-state index is -0.0775. The molecule has 0 atom stereocenters. The van der Waals surface area contributed by atoms with Crippen LogP contribution in [0.4, 0.5) is 0 Å². The van der Waals surface area contributed by atoms with Crippen LogP contribution in [0.1, 0.15) is 24.2 Å². The second kappa shape index (κ2) is 5.93. The molecule has 0 radical (unpaired) electrons. The third-order valence-electron chi connectivity index (χ3n) is 2.89. The molecule has 0 aliphatic carbocycles. The molecule has 17 heavy (non-hydrogen) atoms. The van der Waals surface area contributed by atoms with E-state index in [0.29, 0.717) is 18.3 Å². The number of hydrogen-bond donors (Lipinski definition) is 1. The van der Waals surface area contributed by atoms with Crippen molar-refractivity contribution in [2.75, 3.05) is 26.2 Å². The number of rotatable bonds is 5. The van der Waals surface area contributed by atoms with Gasteiger partial charge in [0, 0.05) is 12.2 Å². The van der Waals surface area contributed by atoms with E-state index in [0.717, 1.165) is 12.2 Å². The van der Waals surface area contributed by atoms with Crippen LogP contribution in [0.2, 0.25) is 0 Å². The van der Waals surface area contributed by atoms with Gasteiger partial charge < -0.3 is 9.84 Å². The Morgan fingerprint density at radius 2 is 2.12 bits per heavy atom. The topological polar surface area (TPSA) is 58.5 Å². The van der Waals surface area contributed by atoms with Gasteiger partial charge >= 0.3 is 6.01 Å². The molecule has 2 rings (SSSR count). The van der Waals surface area contributed by atoms with Crippen LogP contribution in [-0.2, 0) is 6.61 Å². The summed E-state index contributed by atoms with van der Waals surface area (Å²) in [5.74, 6) is 0. The van der Waals surface area contributed by atoms with Crippen LogP contribution in [0.3, 0.4) is 0 Å². The summed E-state index contributed by atoms with van der Waals surface area (Å²) in [5, 5.41) is 9.03. The van der Waals surface area contributed by atoms with Crippen molar-refractivity contribution in [3.8, 4) is 6.01 Å². The van der Waals surface area contributed by atoms with Crippen molar-refractivity contribution < 1.29 is 9.84 Å².